The molecule has 0 heterocycles. The maximum Gasteiger partial charge on any atom is 0.152 e. The van der Waals surface area contributed by atoms with Crippen molar-refractivity contribution in [3.63, 3.8) is 0 Å². The Kier molecular flexibility index (Phi) is 1.87. The molecule has 64 valence electrons. The van der Waals surface area contributed by atoms with E-state index < -0.39 is 0 Å². The van der Waals surface area contributed by atoms with Gasteiger partial charge >= 0.3 is 0 Å². The first-order valence-electron chi connectivity index (χ1n) is 4.63. The third-order valence-corrected chi connectivity index (χ3v) is 2.91. The highest BCUT2D eigenvalue weighted by Crippen LogP contribution is 2.43. The van der Waals surface area contributed by atoms with Crippen LogP contribution in [0.25, 0.3) is 0 Å². The van der Waals surface area contributed by atoms with Crippen LogP contribution in [0, 0.1) is 17.8 Å². The predicted molar refractivity (Wildman–Crippen MR) is 48.7 cm³/mol. The SMILES string of the molecule is CC(=O)/C=C/C1CC2C=CC1C2. The van der Waals surface area contributed by atoms with Gasteiger partial charge < -0.3 is 0 Å². The highest BCUT2D eigenvalue weighted by atomic mass is 16.1. The van der Waals surface area contributed by atoms with Gasteiger partial charge in [-0.1, -0.05) is 18.2 Å². The normalized spacial score (nSPS) is 38.2. The van der Waals surface area contributed by atoms with Crippen LogP contribution in [0.5, 0.6) is 0 Å². The fourth-order valence-electron chi connectivity index (χ4n) is 2.30. The lowest BCUT2D eigenvalue weighted by molar-refractivity contribution is -0.112. The molecule has 0 spiro atoms. The second-order valence-electron chi connectivity index (χ2n) is 3.91. The number of ketones is 1. The number of fused-ring (bicyclic) bond motifs is 2. The third-order valence-electron chi connectivity index (χ3n) is 2.91. The molecule has 0 aromatic carbocycles. The molecule has 2 bridgehead atoms. The van der Waals surface area contributed by atoms with E-state index in [2.05, 4.69) is 18.2 Å². The number of hydrogen-bond donors (Lipinski definition) is 0. The minimum Gasteiger partial charge on any atom is -0.295 e. The van der Waals surface area contributed by atoms with Crippen molar-refractivity contribution < 1.29 is 4.79 Å². The molecule has 0 saturated heterocycles. The Morgan fingerprint density at radius 1 is 1.42 bits per heavy atom. The van der Waals surface area contributed by atoms with E-state index in [4.69, 9.17) is 0 Å². The highest BCUT2D eigenvalue weighted by molar-refractivity contribution is 5.87. The quantitative estimate of drug-likeness (QED) is 0.450. The van der Waals surface area contributed by atoms with Crippen LogP contribution < -0.4 is 0 Å². The molecule has 2 rings (SSSR count). The lowest BCUT2D eigenvalue weighted by atomic mass is 9.93. The first kappa shape index (κ1) is 7.78. The lowest BCUT2D eigenvalue weighted by Gasteiger charge is -2.12. The fourth-order valence-corrected chi connectivity index (χ4v) is 2.30. The van der Waals surface area contributed by atoms with Gasteiger partial charge in [0.05, 0.1) is 0 Å². The van der Waals surface area contributed by atoms with Gasteiger partial charge in [-0.15, -0.1) is 0 Å². The zero-order chi connectivity index (χ0) is 8.55. The highest BCUT2D eigenvalue weighted by Gasteiger charge is 2.33. The maximum absolute atomic E-state index is 10.7. The Hall–Kier alpha value is -0.850. The van der Waals surface area contributed by atoms with Crippen molar-refractivity contribution in [3.05, 3.63) is 24.3 Å². The molecule has 2 aliphatic rings. The number of carbonyl (C=O) groups is 1. The Balaban J connectivity index is 1.99. The fraction of sp³-hybridized carbons (Fsp3) is 0.545. The molecule has 0 aromatic rings. The molecular formula is C11H14O. The Morgan fingerprint density at radius 2 is 2.25 bits per heavy atom. The summed E-state index contributed by atoms with van der Waals surface area (Å²) in [6.45, 7) is 1.61. The predicted octanol–water partition coefficient (Wildman–Crippen LogP) is 2.34. The van der Waals surface area contributed by atoms with Gasteiger partial charge in [-0.25, -0.2) is 0 Å². The van der Waals surface area contributed by atoms with Crippen molar-refractivity contribution in [2.24, 2.45) is 17.8 Å². The molecule has 3 unspecified atom stereocenters. The summed E-state index contributed by atoms with van der Waals surface area (Å²) < 4.78 is 0. The summed E-state index contributed by atoms with van der Waals surface area (Å²) in [5.74, 6) is 2.34. The third kappa shape index (κ3) is 1.36. The minimum absolute atomic E-state index is 0.168. The van der Waals surface area contributed by atoms with Gasteiger partial charge in [-0.2, -0.15) is 0 Å². The molecule has 0 amide bonds. The van der Waals surface area contributed by atoms with Crippen LogP contribution in [0.1, 0.15) is 19.8 Å². The van der Waals surface area contributed by atoms with Crippen LogP contribution in [0.15, 0.2) is 24.3 Å². The van der Waals surface area contributed by atoms with E-state index in [1.165, 1.54) is 12.8 Å². The largest absolute Gasteiger partial charge is 0.295 e. The Bertz CT molecular complexity index is 250. The van der Waals surface area contributed by atoms with Gasteiger partial charge in [0.15, 0.2) is 5.78 Å². The van der Waals surface area contributed by atoms with E-state index in [1.807, 2.05) is 0 Å². The second kappa shape index (κ2) is 2.89. The van der Waals surface area contributed by atoms with Gasteiger partial charge in [-0.05, 0) is 43.6 Å². The second-order valence-corrected chi connectivity index (χ2v) is 3.91. The van der Waals surface area contributed by atoms with Gasteiger partial charge in [0, 0.05) is 0 Å². The lowest BCUT2D eigenvalue weighted by Crippen LogP contribution is -2.03. The summed E-state index contributed by atoms with van der Waals surface area (Å²) in [6.07, 6.45) is 11.0. The van der Waals surface area contributed by atoms with Crippen molar-refractivity contribution in [3.8, 4) is 0 Å². The van der Waals surface area contributed by atoms with Crippen LogP contribution >= 0.6 is 0 Å². The zero-order valence-electron chi connectivity index (χ0n) is 7.36. The first-order valence-corrected chi connectivity index (χ1v) is 4.63. The summed E-state index contributed by atoms with van der Waals surface area (Å²) in [4.78, 5) is 10.7. The van der Waals surface area contributed by atoms with Gasteiger partial charge in [0.25, 0.3) is 0 Å². The molecule has 3 atom stereocenters. The molecule has 2 aliphatic carbocycles. The van der Waals surface area contributed by atoms with E-state index >= 15 is 0 Å². The zero-order valence-corrected chi connectivity index (χ0v) is 7.36. The summed E-state index contributed by atoms with van der Waals surface area (Å²) in [5, 5.41) is 0. The summed E-state index contributed by atoms with van der Waals surface area (Å²) in [6, 6.07) is 0. The molecule has 0 N–H and O–H groups in total. The minimum atomic E-state index is 0.168. The van der Waals surface area contributed by atoms with Crippen LogP contribution in [-0.2, 0) is 4.79 Å². The number of hydrogen-bond acceptors (Lipinski definition) is 1. The molecule has 1 fully saturated rings. The summed E-state index contributed by atoms with van der Waals surface area (Å²) in [7, 11) is 0. The molecule has 12 heavy (non-hydrogen) atoms. The van der Waals surface area contributed by atoms with E-state index in [1.54, 1.807) is 13.0 Å². The molecule has 0 aromatic heterocycles. The van der Waals surface area contributed by atoms with Gasteiger partial charge in [-0.3, -0.25) is 4.79 Å². The van der Waals surface area contributed by atoms with E-state index in [0.717, 1.165) is 11.8 Å². The summed E-state index contributed by atoms with van der Waals surface area (Å²) in [5.41, 5.74) is 0. The number of rotatable bonds is 2. The molecule has 0 radical (unpaired) electrons. The van der Waals surface area contributed by atoms with Crippen LogP contribution in [0.2, 0.25) is 0 Å². The molecule has 1 nitrogen and oxygen atoms in total. The van der Waals surface area contributed by atoms with Crippen molar-refractivity contribution in [1.82, 2.24) is 0 Å². The smallest absolute Gasteiger partial charge is 0.152 e. The average Bonchev–Trinajstić information content (AvgIpc) is 2.60. The Labute approximate surface area is 73.2 Å². The van der Waals surface area contributed by atoms with Crippen LogP contribution in [-0.4, -0.2) is 5.78 Å². The van der Waals surface area contributed by atoms with Crippen molar-refractivity contribution >= 4 is 5.78 Å². The topological polar surface area (TPSA) is 17.1 Å². The number of allylic oxidation sites excluding steroid dienone is 4. The van der Waals surface area contributed by atoms with Gasteiger partial charge in [0.2, 0.25) is 0 Å². The molecule has 1 saturated carbocycles. The monoisotopic (exact) mass is 162 g/mol. The van der Waals surface area contributed by atoms with Crippen molar-refractivity contribution in [2.45, 2.75) is 19.8 Å². The maximum atomic E-state index is 10.7. The van der Waals surface area contributed by atoms with Crippen molar-refractivity contribution in [1.29, 1.82) is 0 Å². The van der Waals surface area contributed by atoms with Crippen LogP contribution in [0.3, 0.4) is 0 Å². The molecule has 0 aliphatic heterocycles. The van der Waals surface area contributed by atoms with E-state index in [-0.39, 0.29) is 5.78 Å². The summed E-state index contributed by atoms with van der Waals surface area (Å²) >= 11 is 0. The van der Waals surface area contributed by atoms with E-state index in [0.29, 0.717) is 5.92 Å². The van der Waals surface area contributed by atoms with Crippen LogP contribution in [0.4, 0.5) is 0 Å². The van der Waals surface area contributed by atoms with Gasteiger partial charge in [0.1, 0.15) is 0 Å². The number of carbonyl (C=O) groups excluding carboxylic acids is 1. The first-order chi connectivity index (χ1) is 5.75. The standard InChI is InChI=1S/C11H14O/c1-8(12)2-4-10-6-9-3-5-11(10)7-9/h2-5,9-11H,6-7H2,1H3/b4-2+. The van der Waals surface area contributed by atoms with E-state index in [9.17, 15) is 4.79 Å². The molecular weight excluding hydrogens is 148 g/mol. The van der Waals surface area contributed by atoms with Crippen molar-refractivity contribution in [2.75, 3.05) is 0 Å². The average molecular weight is 162 g/mol. The molecule has 1 heteroatoms. The Morgan fingerprint density at radius 3 is 2.75 bits per heavy atom.